The predicted octanol–water partition coefficient (Wildman–Crippen LogP) is 1.71. The van der Waals surface area contributed by atoms with Crippen molar-refractivity contribution >= 4 is 0 Å². The Kier molecular flexibility index (Phi) is 5.05. The number of hydrogen-bond acceptors (Lipinski definition) is 3. The van der Waals surface area contributed by atoms with E-state index in [2.05, 4.69) is 0 Å². The van der Waals surface area contributed by atoms with Crippen molar-refractivity contribution in [3.63, 3.8) is 0 Å². The van der Waals surface area contributed by atoms with Gasteiger partial charge in [0.15, 0.2) is 0 Å². The van der Waals surface area contributed by atoms with Gasteiger partial charge in [-0.25, -0.2) is 4.39 Å². The van der Waals surface area contributed by atoms with Crippen molar-refractivity contribution in [2.24, 2.45) is 5.73 Å². The molecule has 1 rings (SSSR count). The fourth-order valence-corrected chi connectivity index (χ4v) is 2.07. The molecule has 96 valence electrons. The van der Waals surface area contributed by atoms with Crippen LogP contribution in [0, 0.1) is 12.7 Å². The zero-order valence-electron chi connectivity index (χ0n) is 10.4. The predicted molar refractivity (Wildman–Crippen MR) is 65.2 cm³/mol. The lowest BCUT2D eigenvalue weighted by Crippen LogP contribution is -2.33. The van der Waals surface area contributed by atoms with Crippen LogP contribution in [0.2, 0.25) is 0 Å². The molecule has 1 unspecified atom stereocenters. The number of benzene rings is 1. The van der Waals surface area contributed by atoms with Gasteiger partial charge in [0.05, 0.1) is 6.61 Å². The minimum absolute atomic E-state index is 0.180. The molecule has 3 nitrogen and oxygen atoms in total. The molecule has 3 N–H and O–H groups in total. The van der Waals surface area contributed by atoms with E-state index < -0.39 is 5.60 Å². The standard InChI is InChI=1S/C13H20FNO2/c1-10-8-11(14)4-5-12(10)13(16,9-17-2)6-3-7-15/h4-5,8,16H,3,6-7,9,15H2,1-2H3. The molecule has 1 aromatic carbocycles. The Hall–Kier alpha value is -0.970. The molecule has 0 saturated heterocycles. The zero-order chi connectivity index (χ0) is 12.9. The van der Waals surface area contributed by atoms with Crippen molar-refractivity contribution in [1.82, 2.24) is 0 Å². The second-order valence-corrected chi connectivity index (χ2v) is 4.32. The third kappa shape index (κ3) is 3.49. The monoisotopic (exact) mass is 241 g/mol. The number of nitrogens with two attached hydrogens (primary N) is 1. The van der Waals surface area contributed by atoms with Gasteiger partial charge in [0.1, 0.15) is 11.4 Å². The molecule has 17 heavy (non-hydrogen) atoms. The summed E-state index contributed by atoms with van der Waals surface area (Å²) in [7, 11) is 1.53. The summed E-state index contributed by atoms with van der Waals surface area (Å²) in [6.07, 6.45) is 1.19. The van der Waals surface area contributed by atoms with E-state index in [0.717, 1.165) is 5.56 Å². The van der Waals surface area contributed by atoms with E-state index in [1.165, 1.54) is 19.2 Å². The molecule has 0 saturated carbocycles. The fraction of sp³-hybridized carbons (Fsp3) is 0.538. The molecule has 4 heteroatoms. The Morgan fingerprint density at radius 3 is 2.71 bits per heavy atom. The van der Waals surface area contributed by atoms with Gasteiger partial charge in [-0.05, 0) is 49.6 Å². The van der Waals surface area contributed by atoms with E-state index in [1.54, 1.807) is 13.0 Å². The normalized spacial score (nSPS) is 14.6. The number of hydrogen-bond donors (Lipinski definition) is 2. The minimum Gasteiger partial charge on any atom is -0.383 e. The minimum atomic E-state index is -1.09. The topological polar surface area (TPSA) is 55.5 Å². The maximum absolute atomic E-state index is 13.0. The molecule has 1 atom stereocenters. The number of halogens is 1. The molecular weight excluding hydrogens is 221 g/mol. The van der Waals surface area contributed by atoms with E-state index in [-0.39, 0.29) is 12.4 Å². The Morgan fingerprint density at radius 1 is 1.47 bits per heavy atom. The molecule has 0 aliphatic rings. The molecule has 0 aliphatic heterocycles. The summed E-state index contributed by atoms with van der Waals surface area (Å²) in [5.74, 6) is -0.301. The van der Waals surface area contributed by atoms with Gasteiger partial charge in [0, 0.05) is 7.11 Å². The largest absolute Gasteiger partial charge is 0.383 e. The number of aliphatic hydroxyl groups is 1. The highest BCUT2D eigenvalue weighted by Crippen LogP contribution is 2.29. The summed E-state index contributed by atoms with van der Waals surface area (Å²) in [5.41, 5.74) is 5.80. The summed E-state index contributed by atoms with van der Waals surface area (Å²) in [6, 6.07) is 4.38. The van der Waals surface area contributed by atoms with Crippen LogP contribution in [0.3, 0.4) is 0 Å². The lowest BCUT2D eigenvalue weighted by molar-refractivity contribution is -0.0434. The Bertz CT molecular complexity index is 370. The highest BCUT2D eigenvalue weighted by Gasteiger charge is 2.30. The van der Waals surface area contributed by atoms with Crippen LogP contribution in [0.4, 0.5) is 4.39 Å². The molecule has 0 heterocycles. The van der Waals surface area contributed by atoms with Crippen molar-refractivity contribution in [3.05, 3.63) is 35.1 Å². The maximum atomic E-state index is 13.0. The molecule has 0 fully saturated rings. The van der Waals surface area contributed by atoms with Crippen LogP contribution >= 0.6 is 0 Å². The average molecular weight is 241 g/mol. The fourth-order valence-electron chi connectivity index (χ4n) is 2.07. The van der Waals surface area contributed by atoms with E-state index >= 15 is 0 Å². The van der Waals surface area contributed by atoms with Gasteiger partial charge in [-0.1, -0.05) is 6.07 Å². The lowest BCUT2D eigenvalue weighted by Gasteiger charge is -2.29. The van der Waals surface area contributed by atoms with Crippen molar-refractivity contribution in [2.75, 3.05) is 20.3 Å². The summed E-state index contributed by atoms with van der Waals surface area (Å²) < 4.78 is 18.1. The summed E-state index contributed by atoms with van der Waals surface area (Å²) >= 11 is 0. The third-order valence-corrected chi connectivity index (χ3v) is 2.87. The van der Waals surface area contributed by atoms with Crippen molar-refractivity contribution in [2.45, 2.75) is 25.4 Å². The van der Waals surface area contributed by atoms with Gasteiger partial charge < -0.3 is 15.6 Å². The van der Waals surface area contributed by atoms with E-state index in [9.17, 15) is 9.50 Å². The molecule has 0 radical (unpaired) electrons. The molecule has 0 bridgehead atoms. The number of aryl methyl sites for hydroxylation is 1. The summed E-state index contributed by atoms with van der Waals surface area (Å²) in [6.45, 7) is 2.47. The molecule has 1 aromatic rings. The Balaban J connectivity index is 3.03. The first-order valence-electron chi connectivity index (χ1n) is 5.71. The molecule has 0 aromatic heterocycles. The van der Waals surface area contributed by atoms with Crippen molar-refractivity contribution in [3.8, 4) is 0 Å². The maximum Gasteiger partial charge on any atom is 0.123 e. The van der Waals surface area contributed by atoms with E-state index in [0.29, 0.717) is 24.9 Å². The Morgan fingerprint density at radius 2 is 2.18 bits per heavy atom. The van der Waals surface area contributed by atoms with E-state index in [1.807, 2.05) is 0 Å². The highest BCUT2D eigenvalue weighted by atomic mass is 19.1. The number of methoxy groups -OCH3 is 1. The SMILES string of the molecule is COCC(O)(CCCN)c1ccc(F)cc1C. The Labute approximate surface area is 101 Å². The van der Waals surface area contributed by atoms with Gasteiger partial charge >= 0.3 is 0 Å². The van der Waals surface area contributed by atoms with Crippen molar-refractivity contribution < 1.29 is 14.2 Å². The zero-order valence-corrected chi connectivity index (χ0v) is 10.4. The van der Waals surface area contributed by atoms with Gasteiger partial charge in [0.25, 0.3) is 0 Å². The van der Waals surface area contributed by atoms with Crippen molar-refractivity contribution in [1.29, 1.82) is 0 Å². The average Bonchev–Trinajstić information content (AvgIpc) is 2.26. The first kappa shape index (κ1) is 14.1. The van der Waals surface area contributed by atoms with Crippen LogP contribution in [-0.4, -0.2) is 25.4 Å². The molecular formula is C13H20FNO2. The first-order valence-corrected chi connectivity index (χ1v) is 5.71. The first-order chi connectivity index (χ1) is 8.03. The van der Waals surface area contributed by atoms with E-state index in [4.69, 9.17) is 10.5 Å². The molecule has 0 spiro atoms. The number of rotatable bonds is 6. The van der Waals surface area contributed by atoms with Crippen LogP contribution < -0.4 is 5.73 Å². The van der Waals surface area contributed by atoms with Crippen LogP contribution in [0.1, 0.15) is 24.0 Å². The summed E-state index contributed by atoms with van der Waals surface area (Å²) in [4.78, 5) is 0. The summed E-state index contributed by atoms with van der Waals surface area (Å²) in [5, 5.41) is 10.6. The lowest BCUT2D eigenvalue weighted by atomic mass is 9.87. The quantitative estimate of drug-likeness (QED) is 0.797. The van der Waals surface area contributed by atoms with Gasteiger partial charge in [-0.2, -0.15) is 0 Å². The van der Waals surface area contributed by atoms with Crippen LogP contribution in [0.25, 0.3) is 0 Å². The van der Waals surface area contributed by atoms with Gasteiger partial charge in [-0.3, -0.25) is 0 Å². The molecule has 0 aliphatic carbocycles. The number of ether oxygens (including phenoxy) is 1. The smallest absolute Gasteiger partial charge is 0.123 e. The second kappa shape index (κ2) is 6.10. The second-order valence-electron chi connectivity index (χ2n) is 4.32. The van der Waals surface area contributed by atoms with Gasteiger partial charge in [0.2, 0.25) is 0 Å². The third-order valence-electron chi connectivity index (χ3n) is 2.87. The molecule has 0 amide bonds. The van der Waals surface area contributed by atoms with Crippen LogP contribution in [0.15, 0.2) is 18.2 Å². The van der Waals surface area contributed by atoms with Crippen LogP contribution in [0.5, 0.6) is 0 Å². The van der Waals surface area contributed by atoms with Crippen LogP contribution in [-0.2, 0) is 10.3 Å². The van der Waals surface area contributed by atoms with Gasteiger partial charge in [-0.15, -0.1) is 0 Å². The highest BCUT2D eigenvalue weighted by molar-refractivity contribution is 5.32.